The average molecular weight is 463 g/mol. The van der Waals surface area contributed by atoms with Gasteiger partial charge in [-0.25, -0.2) is 0 Å². The summed E-state index contributed by atoms with van der Waals surface area (Å²) < 4.78 is 11.1. The zero-order valence-electron chi connectivity index (χ0n) is 16.5. The minimum Gasteiger partial charge on any atom is -0.493 e. The lowest BCUT2D eigenvalue weighted by molar-refractivity contribution is -0.123. The molecule has 0 bridgehead atoms. The first-order valence-corrected chi connectivity index (χ1v) is 10.6. The number of carbonyl (C=O) groups excluding carboxylic acids is 2. The largest absolute Gasteiger partial charge is 0.493 e. The van der Waals surface area contributed by atoms with Gasteiger partial charge in [-0.05, 0) is 67.5 Å². The maximum absolute atomic E-state index is 12.8. The van der Waals surface area contributed by atoms with Crippen molar-refractivity contribution in [1.82, 2.24) is 10.4 Å². The van der Waals surface area contributed by atoms with Crippen LogP contribution in [0.25, 0.3) is 6.08 Å². The predicted octanol–water partition coefficient (Wildman–Crippen LogP) is 4.60. The van der Waals surface area contributed by atoms with Gasteiger partial charge in [0.05, 0.1) is 29.2 Å². The third kappa shape index (κ3) is 4.77. The molecule has 0 unspecified atom stereocenters. The summed E-state index contributed by atoms with van der Waals surface area (Å²) in [5.74, 6) is 0.242. The molecule has 2 aromatic rings. The Balaban J connectivity index is 1.80. The normalized spacial score (nSPS) is 14.9. The van der Waals surface area contributed by atoms with Gasteiger partial charge in [-0.2, -0.15) is 5.01 Å². The Hall–Kier alpha value is -2.55. The van der Waals surface area contributed by atoms with Crippen LogP contribution in [0.3, 0.4) is 0 Å². The van der Waals surface area contributed by atoms with Gasteiger partial charge >= 0.3 is 0 Å². The highest BCUT2D eigenvalue weighted by molar-refractivity contribution is 8.26. The van der Waals surface area contributed by atoms with Gasteiger partial charge in [0.15, 0.2) is 15.8 Å². The smallest absolute Gasteiger partial charge is 0.285 e. The molecule has 1 saturated heterocycles. The van der Waals surface area contributed by atoms with Gasteiger partial charge in [0.25, 0.3) is 11.8 Å². The Morgan fingerprint density at radius 3 is 2.70 bits per heavy atom. The van der Waals surface area contributed by atoms with E-state index < -0.39 is 11.8 Å². The van der Waals surface area contributed by atoms with Crippen molar-refractivity contribution in [2.75, 3.05) is 13.7 Å². The van der Waals surface area contributed by atoms with Gasteiger partial charge in [0.1, 0.15) is 0 Å². The van der Waals surface area contributed by atoms with E-state index in [1.54, 1.807) is 49.6 Å². The van der Waals surface area contributed by atoms with Crippen molar-refractivity contribution in [2.24, 2.45) is 0 Å². The van der Waals surface area contributed by atoms with Gasteiger partial charge < -0.3 is 9.47 Å². The van der Waals surface area contributed by atoms with Gasteiger partial charge in [-0.15, -0.1) is 0 Å². The standard InChI is InChI=1S/C21H19ClN2O4S2/c1-4-28-17-10-13(6-8-16(17)27-3)11-18-20(26)24(21(29)30-18)23-19(25)14-7-5-12(2)9-15(14)22/h5-11H,4H2,1-3H3,(H,23,25)/b18-11+. The number of hydrazine groups is 1. The molecular formula is C21H19ClN2O4S2. The summed E-state index contributed by atoms with van der Waals surface area (Å²) in [4.78, 5) is 25.8. The number of hydrogen-bond acceptors (Lipinski definition) is 6. The van der Waals surface area contributed by atoms with Gasteiger partial charge in [0.2, 0.25) is 0 Å². The molecule has 0 atom stereocenters. The number of benzene rings is 2. The van der Waals surface area contributed by atoms with E-state index in [1.807, 2.05) is 13.8 Å². The van der Waals surface area contributed by atoms with Crippen molar-refractivity contribution in [3.63, 3.8) is 0 Å². The highest BCUT2D eigenvalue weighted by atomic mass is 35.5. The summed E-state index contributed by atoms with van der Waals surface area (Å²) >= 11 is 12.5. The van der Waals surface area contributed by atoms with Crippen LogP contribution in [0.5, 0.6) is 11.5 Å². The molecule has 2 amide bonds. The molecule has 0 spiro atoms. The molecule has 0 saturated carbocycles. The zero-order chi connectivity index (χ0) is 21.8. The number of thioether (sulfide) groups is 1. The molecule has 1 N–H and O–H groups in total. The highest BCUT2D eigenvalue weighted by Gasteiger charge is 2.34. The van der Waals surface area contributed by atoms with Crippen LogP contribution < -0.4 is 14.9 Å². The summed E-state index contributed by atoms with van der Waals surface area (Å²) in [6, 6.07) is 10.4. The molecule has 1 fully saturated rings. The van der Waals surface area contributed by atoms with Crippen molar-refractivity contribution >= 4 is 57.8 Å². The molecule has 1 aliphatic rings. The lowest BCUT2D eigenvalue weighted by Gasteiger charge is -2.16. The number of ether oxygens (including phenoxy) is 2. The fraction of sp³-hybridized carbons (Fsp3) is 0.190. The summed E-state index contributed by atoms with van der Waals surface area (Å²) in [7, 11) is 1.56. The van der Waals surface area contributed by atoms with Crippen LogP contribution >= 0.6 is 35.6 Å². The molecule has 0 radical (unpaired) electrons. The molecular weight excluding hydrogens is 444 g/mol. The van der Waals surface area contributed by atoms with E-state index in [0.29, 0.717) is 28.0 Å². The summed E-state index contributed by atoms with van der Waals surface area (Å²) in [5, 5.41) is 1.35. The first-order chi connectivity index (χ1) is 14.3. The number of thiocarbonyl (C=S) groups is 1. The van der Waals surface area contributed by atoms with E-state index in [2.05, 4.69) is 5.43 Å². The Morgan fingerprint density at radius 2 is 2.03 bits per heavy atom. The molecule has 0 aromatic heterocycles. The van der Waals surface area contributed by atoms with Gasteiger partial charge in [-0.3, -0.25) is 15.0 Å². The quantitative estimate of drug-likeness (QED) is 0.499. The van der Waals surface area contributed by atoms with E-state index >= 15 is 0 Å². The van der Waals surface area contributed by atoms with E-state index in [-0.39, 0.29) is 9.88 Å². The molecule has 30 heavy (non-hydrogen) atoms. The summed E-state index contributed by atoms with van der Waals surface area (Å²) in [6.07, 6.45) is 1.69. The number of nitrogens with one attached hydrogen (secondary N) is 1. The number of nitrogens with zero attached hydrogens (tertiary/aromatic N) is 1. The van der Waals surface area contributed by atoms with Crippen molar-refractivity contribution in [3.05, 3.63) is 63.0 Å². The Bertz CT molecular complexity index is 1060. The molecule has 1 heterocycles. The zero-order valence-corrected chi connectivity index (χ0v) is 18.9. The topological polar surface area (TPSA) is 67.9 Å². The van der Waals surface area contributed by atoms with Crippen LogP contribution in [0, 0.1) is 6.92 Å². The first-order valence-electron chi connectivity index (χ1n) is 9.00. The number of carbonyl (C=O) groups is 2. The van der Waals surface area contributed by atoms with E-state index in [4.69, 9.17) is 33.3 Å². The second kappa shape index (κ2) is 9.51. The molecule has 9 heteroatoms. The number of methoxy groups -OCH3 is 1. The van der Waals surface area contributed by atoms with Crippen molar-refractivity contribution in [2.45, 2.75) is 13.8 Å². The SMILES string of the molecule is CCOc1cc(/C=C2/SC(=S)N(NC(=O)c3ccc(C)cc3Cl)C2=O)ccc1OC. The molecule has 0 aliphatic carbocycles. The Kier molecular flexibility index (Phi) is 7.02. The van der Waals surface area contributed by atoms with E-state index in [9.17, 15) is 9.59 Å². The van der Waals surface area contributed by atoms with Crippen LogP contribution in [0.2, 0.25) is 5.02 Å². The fourth-order valence-corrected chi connectivity index (χ4v) is 4.23. The maximum atomic E-state index is 12.8. The molecule has 1 aliphatic heterocycles. The van der Waals surface area contributed by atoms with Crippen molar-refractivity contribution in [3.8, 4) is 11.5 Å². The fourth-order valence-electron chi connectivity index (χ4n) is 2.73. The van der Waals surface area contributed by atoms with E-state index in [0.717, 1.165) is 27.9 Å². The van der Waals surface area contributed by atoms with Crippen molar-refractivity contribution < 1.29 is 19.1 Å². The predicted molar refractivity (Wildman–Crippen MR) is 123 cm³/mol. The molecule has 3 rings (SSSR count). The summed E-state index contributed by atoms with van der Waals surface area (Å²) in [5.41, 5.74) is 4.46. The number of halogens is 1. The second-order valence-electron chi connectivity index (χ2n) is 6.28. The van der Waals surface area contributed by atoms with Crippen LogP contribution in [-0.4, -0.2) is 34.9 Å². The second-order valence-corrected chi connectivity index (χ2v) is 8.37. The summed E-state index contributed by atoms with van der Waals surface area (Å²) in [6.45, 7) is 4.23. The Morgan fingerprint density at radius 1 is 1.27 bits per heavy atom. The van der Waals surface area contributed by atoms with Crippen LogP contribution in [0.15, 0.2) is 41.3 Å². The first kappa shape index (κ1) is 22.1. The molecule has 6 nitrogen and oxygen atoms in total. The average Bonchev–Trinajstić information content (AvgIpc) is 2.96. The molecule has 2 aromatic carbocycles. The lowest BCUT2D eigenvalue weighted by Crippen LogP contribution is -2.44. The van der Waals surface area contributed by atoms with Crippen LogP contribution in [0.4, 0.5) is 0 Å². The molecule has 156 valence electrons. The van der Waals surface area contributed by atoms with Crippen molar-refractivity contribution in [1.29, 1.82) is 0 Å². The lowest BCUT2D eigenvalue weighted by atomic mass is 10.1. The number of hydrogen-bond donors (Lipinski definition) is 1. The minimum absolute atomic E-state index is 0.223. The van der Waals surface area contributed by atoms with Crippen LogP contribution in [0.1, 0.15) is 28.4 Å². The third-order valence-electron chi connectivity index (χ3n) is 4.16. The van der Waals surface area contributed by atoms with E-state index in [1.165, 1.54) is 0 Å². The van der Waals surface area contributed by atoms with Gasteiger partial charge in [0, 0.05) is 0 Å². The van der Waals surface area contributed by atoms with Gasteiger partial charge in [-0.1, -0.05) is 35.5 Å². The Labute approximate surface area is 189 Å². The third-order valence-corrected chi connectivity index (χ3v) is 5.78. The highest BCUT2D eigenvalue weighted by Crippen LogP contribution is 2.34. The maximum Gasteiger partial charge on any atom is 0.285 e. The monoisotopic (exact) mass is 462 g/mol. The number of rotatable bonds is 6. The minimum atomic E-state index is -0.513. The van der Waals surface area contributed by atoms with Crippen LogP contribution in [-0.2, 0) is 4.79 Å². The number of aryl methyl sites for hydroxylation is 1. The number of amides is 2.